The van der Waals surface area contributed by atoms with Crippen LogP contribution in [0.2, 0.25) is 0 Å². The minimum atomic E-state index is -4.85. The molecule has 0 aromatic heterocycles. The Morgan fingerprint density at radius 3 is 2.10 bits per heavy atom. The van der Waals surface area contributed by atoms with Crippen LogP contribution in [-0.2, 0) is 0 Å². The van der Waals surface area contributed by atoms with Crippen LogP contribution >= 0.6 is 11.8 Å². The van der Waals surface area contributed by atoms with Crippen molar-refractivity contribution >= 4 is 11.8 Å². The fraction of sp³-hybridized carbons (Fsp3) is 0.217. The Hall–Kier alpha value is -2.51. The van der Waals surface area contributed by atoms with E-state index < -0.39 is 24.0 Å². The number of rotatable bonds is 6. The number of alkyl halides is 3. The highest BCUT2D eigenvalue weighted by Crippen LogP contribution is 2.39. The number of aliphatic hydroxyl groups is 1. The summed E-state index contributed by atoms with van der Waals surface area (Å²) in [5.41, 5.74) is 2.04. The van der Waals surface area contributed by atoms with Crippen molar-refractivity contribution in [2.45, 2.75) is 42.0 Å². The van der Waals surface area contributed by atoms with Crippen LogP contribution in [0, 0.1) is 5.82 Å². The van der Waals surface area contributed by atoms with Gasteiger partial charge in [0.2, 0.25) is 0 Å². The van der Waals surface area contributed by atoms with Crippen molar-refractivity contribution in [3.63, 3.8) is 0 Å². The van der Waals surface area contributed by atoms with Gasteiger partial charge in [-0.2, -0.15) is 0 Å². The van der Waals surface area contributed by atoms with Crippen LogP contribution in [0.5, 0.6) is 5.75 Å². The Morgan fingerprint density at radius 1 is 0.867 bits per heavy atom. The summed E-state index contributed by atoms with van der Waals surface area (Å²) < 4.78 is 56.1. The fourth-order valence-corrected chi connectivity index (χ4v) is 3.94. The summed E-state index contributed by atoms with van der Waals surface area (Å²) in [6.07, 6.45) is -5.95. The van der Waals surface area contributed by atoms with Crippen LogP contribution < -0.4 is 4.74 Å². The molecule has 3 aromatic carbocycles. The van der Waals surface area contributed by atoms with Gasteiger partial charge in [0.25, 0.3) is 0 Å². The Kier molecular flexibility index (Phi) is 6.73. The average Bonchev–Trinajstić information content (AvgIpc) is 2.68. The third-order valence-electron chi connectivity index (χ3n) is 4.49. The van der Waals surface area contributed by atoms with Crippen LogP contribution in [0.25, 0.3) is 0 Å². The number of benzene rings is 3. The fourth-order valence-electron chi connectivity index (χ4n) is 2.91. The Morgan fingerprint density at radius 2 is 1.50 bits per heavy atom. The monoisotopic (exact) mass is 436 g/mol. The summed E-state index contributed by atoms with van der Waals surface area (Å²) in [7, 11) is 0. The van der Waals surface area contributed by atoms with Gasteiger partial charge in [0.1, 0.15) is 17.7 Å². The van der Waals surface area contributed by atoms with Gasteiger partial charge in [-0.15, -0.1) is 13.2 Å². The van der Waals surface area contributed by atoms with E-state index in [1.807, 2.05) is 26.0 Å². The molecule has 1 unspecified atom stereocenters. The summed E-state index contributed by atoms with van der Waals surface area (Å²) in [5.74, 6) is -0.624. The molecule has 3 aromatic rings. The van der Waals surface area contributed by atoms with Crippen molar-refractivity contribution in [3.8, 4) is 5.75 Å². The molecule has 30 heavy (non-hydrogen) atoms. The van der Waals surface area contributed by atoms with Crippen molar-refractivity contribution in [3.05, 3.63) is 89.2 Å². The minimum absolute atomic E-state index is 0.227. The topological polar surface area (TPSA) is 29.5 Å². The molecule has 0 bridgehead atoms. The molecule has 0 saturated carbocycles. The van der Waals surface area contributed by atoms with Crippen LogP contribution in [0.1, 0.15) is 42.6 Å². The molecule has 0 aliphatic rings. The van der Waals surface area contributed by atoms with Crippen molar-refractivity contribution < 1.29 is 27.4 Å². The van der Waals surface area contributed by atoms with E-state index in [0.717, 1.165) is 29.5 Å². The lowest BCUT2D eigenvalue weighted by Crippen LogP contribution is -2.17. The zero-order chi connectivity index (χ0) is 21.9. The van der Waals surface area contributed by atoms with Gasteiger partial charge < -0.3 is 9.84 Å². The maximum absolute atomic E-state index is 14.1. The highest BCUT2D eigenvalue weighted by Gasteiger charge is 2.31. The summed E-state index contributed by atoms with van der Waals surface area (Å²) in [6.45, 7) is 4.10. The molecule has 3 rings (SSSR count). The smallest absolute Gasteiger partial charge is 0.406 e. The van der Waals surface area contributed by atoms with E-state index in [4.69, 9.17) is 0 Å². The molecule has 0 aliphatic carbocycles. The van der Waals surface area contributed by atoms with Gasteiger partial charge in [0.15, 0.2) is 0 Å². The minimum Gasteiger partial charge on any atom is -0.406 e. The highest BCUT2D eigenvalue weighted by molar-refractivity contribution is 7.99. The first kappa shape index (κ1) is 22.2. The van der Waals surface area contributed by atoms with Gasteiger partial charge in [-0.1, -0.05) is 68.1 Å². The van der Waals surface area contributed by atoms with E-state index in [1.54, 1.807) is 18.2 Å². The van der Waals surface area contributed by atoms with Crippen LogP contribution in [0.3, 0.4) is 0 Å². The van der Waals surface area contributed by atoms with E-state index in [2.05, 4.69) is 4.74 Å². The predicted octanol–water partition coefficient (Wildman–Crippen LogP) is 7.08. The number of ether oxygens (including phenoxy) is 1. The van der Waals surface area contributed by atoms with Gasteiger partial charge in [-0.25, -0.2) is 4.39 Å². The van der Waals surface area contributed by atoms with Gasteiger partial charge in [0.05, 0.1) is 0 Å². The van der Waals surface area contributed by atoms with Crippen LogP contribution in [-0.4, -0.2) is 11.5 Å². The van der Waals surface area contributed by atoms with E-state index in [-0.39, 0.29) is 9.79 Å². The van der Waals surface area contributed by atoms with E-state index in [0.29, 0.717) is 17.0 Å². The molecule has 0 heterocycles. The van der Waals surface area contributed by atoms with Gasteiger partial charge >= 0.3 is 6.36 Å². The summed E-state index contributed by atoms with van der Waals surface area (Å²) >= 11 is 0.930. The number of hydrogen-bond acceptors (Lipinski definition) is 3. The molecule has 0 spiro atoms. The molecule has 0 amide bonds. The molecular weight excluding hydrogens is 416 g/mol. The second-order valence-corrected chi connectivity index (χ2v) is 8.09. The first-order valence-electron chi connectivity index (χ1n) is 9.24. The van der Waals surface area contributed by atoms with Crippen molar-refractivity contribution in [1.29, 1.82) is 0 Å². The van der Waals surface area contributed by atoms with Crippen molar-refractivity contribution in [2.24, 2.45) is 0 Å². The van der Waals surface area contributed by atoms with E-state index in [9.17, 15) is 22.7 Å². The molecular formula is C23H20F4O2S. The molecule has 1 N–H and O–H groups in total. The third kappa shape index (κ3) is 5.55. The molecule has 0 aliphatic heterocycles. The van der Waals surface area contributed by atoms with Crippen LogP contribution in [0.15, 0.2) is 76.5 Å². The maximum Gasteiger partial charge on any atom is 0.573 e. The van der Waals surface area contributed by atoms with Crippen molar-refractivity contribution in [1.82, 2.24) is 0 Å². The molecule has 0 saturated heterocycles. The van der Waals surface area contributed by atoms with Gasteiger partial charge in [-0.05, 0) is 46.9 Å². The van der Waals surface area contributed by atoms with E-state index in [1.165, 1.54) is 24.3 Å². The average molecular weight is 436 g/mol. The zero-order valence-corrected chi connectivity index (χ0v) is 17.1. The Labute approximate surface area is 176 Å². The van der Waals surface area contributed by atoms with Crippen LogP contribution in [0.4, 0.5) is 17.6 Å². The third-order valence-corrected chi connectivity index (χ3v) is 5.61. The van der Waals surface area contributed by atoms with Gasteiger partial charge in [0, 0.05) is 9.79 Å². The molecule has 1 atom stereocenters. The first-order valence-corrected chi connectivity index (χ1v) is 10.1. The summed E-state index contributed by atoms with van der Waals surface area (Å²) in [6, 6.07) is 16.9. The molecule has 0 fully saturated rings. The molecule has 7 heteroatoms. The standard InChI is InChI=1S/C23H20F4O2S/c1-14(2)15-7-9-16(10-8-15)22(28)18-12-11-17(29-23(25,26)27)13-21(18)30-20-6-4-3-5-19(20)24/h3-14,22,28H,1-2H3. The second kappa shape index (κ2) is 9.10. The predicted molar refractivity (Wildman–Crippen MR) is 108 cm³/mol. The summed E-state index contributed by atoms with van der Waals surface area (Å²) in [5, 5.41) is 10.9. The maximum atomic E-state index is 14.1. The SMILES string of the molecule is CC(C)c1ccc(C(O)c2ccc(OC(F)(F)F)cc2Sc2ccccc2F)cc1. The lowest BCUT2D eigenvalue weighted by atomic mass is 9.97. The molecule has 158 valence electrons. The quantitative estimate of drug-likeness (QED) is 0.419. The number of halogens is 4. The molecule has 0 radical (unpaired) electrons. The van der Waals surface area contributed by atoms with Gasteiger partial charge in [-0.3, -0.25) is 0 Å². The number of hydrogen-bond donors (Lipinski definition) is 1. The first-order chi connectivity index (χ1) is 14.1. The lowest BCUT2D eigenvalue weighted by Gasteiger charge is -2.18. The number of aliphatic hydroxyl groups excluding tert-OH is 1. The zero-order valence-electron chi connectivity index (χ0n) is 16.3. The lowest BCUT2D eigenvalue weighted by molar-refractivity contribution is -0.274. The van der Waals surface area contributed by atoms with E-state index >= 15 is 0 Å². The Bertz CT molecular complexity index is 1000. The van der Waals surface area contributed by atoms with Crippen molar-refractivity contribution in [2.75, 3.05) is 0 Å². The molecule has 2 nitrogen and oxygen atoms in total. The largest absolute Gasteiger partial charge is 0.573 e. The second-order valence-electron chi connectivity index (χ2n) is 7.00. The normalized spacial score (nSPS) is 12.8. The summed E-state index contributed by atoms with van der Waals surface area (Å²) in [4.78, 5) is 0.493. The Balaban J connectivity index is 2.00. The highest BCUT2D eigenvalue weighted by atomic mass is 32.2.